The molecule has 0 bridgehead atoms. The number of carboxylic acids is 1. The van der Waals surface area contributed by atoms with Crippen molar-refractivity contribution in [1.29, 1.82) is 0 Å². The van der Waals surface area contributed by atoms with Gasteiger partial charge in [0.05, 0.1) is 0 Å². The van der Waals surface area contributed by atoms with Crippen LogP contribution in [0.3, 0.4) is 0 Å². The van der Waals surface area contributed by atoms with E-state index in [1.807, 2.05) is 14.1 Å². The molecule has 0 saturated heterocycles. The molecule has 5 heteroatoms. The third-order valence-electron chi connectivity index (χ3n) is 3.40. The molecule has 0 rings (SSSR count). The maximum atomic E-state index is 11.5. The molecule has 2 N–H and O–H groups in total. The van der Waals surface area contributed by atoms with Crippen molar-refractivity contribution in [3.05, 3.63) is 0 Å². The zero-order valence-corrected chi connectivity index (χ0v) is 13.7. The normalized spacial score (nSPS) is 10.8. The molecule has 0 spiro atoms. The van der Waals surface area contributed by atoms with E-state index in [2.05, 4.69) is 10.2 Å². The lowest BCUT2D eigenvalue weighted by Crippen LogP contribution is -2.26. The Kier molecular flexibility index (Phi) is 13.1. The Labute approximate surface area is 129 Å². The molecule has 21 heavy (non-hydrogen) atoms. The predicted octanol–water partition coefficient (Wildman–Crippen LogP) is 2.65. The minimum absolute atomic E-state index is 0.162. The Morgan fingerprint density at radius 3 is 1.90 bits per heavy atom. The number of hydrogen-bond acceptors (Lipinski definition) is 3. The van der Waals surface area contributed by atoms with Gasteiger partial charge in [0.2, 0.25) is 5.91 Å². The summed E-state index contributed by atoms with van der Waals surface area (Å²) in [5.41, 5.74) is 0. The molecule has 1 amide bonds. The minimum atomic E-state index is -0.702. The van der Waals surface area contributed by atoms with Crippen LogP contribution in [-0.4, -0.2) is 49.1 Å². The van der Waals surface area contributed by atoms with Crippen LogP contribution in [0.25, 0.3) is 0 Å². The molecule has 0 radical (unpaired) electrons. The van der Waals surface area contributed by atoms with E-state index in [1.54, 1.807) is 0 Å². The number of amides is 1. The second-order valence-corrected chi connectivity index (χ2v) is 5.88. The topological polar surface area (TPSA) is 69.6 Å². The SMILES string of the molecule is CN(C)CCCNC(=O)CCCCCCCCCC(=O)O. The van der Waals surface area contributed by atoms with E-state index < -0.39 is 5.97 Å². The fourth-order valence-electron chi connectivity index (χ4n) is 2.16. The fraction of sp³-hybridized carbons (Fsp3) is 0.875. The van der Waals surface area contributed by atoms with Gasteiger partial charge in [0.1, 0.15) is 0 Å². The van der Waals surface area contributed by atoms with E-state index in [4.69, 9.17) is 5.11 Å². The number of carbonyl (C=O) groups is 2. The largest absolute Gasteiger partial charge is 0.481 e. The third-order valence-corrected chi connectivity index (χ3v) is 3.40. The molecule has 0 fully saturated rings. The first-order chi connectivity index (χ1) is 10.0. The first-order valence-electron chi connectivity index (χ1n) is 8.15. The van der Waals surface area contributed by atoms with Crippen molar-refractivity contribution in [3.8, 4) is 0 Å². The van der Waals surface area contributed by atoms with Gasteiger partial charge in [0, 0.05) is 19.4 Å². The molecule has 0 heterocycles. The molecular weight excluding hydrogens is 268 g/mol. The van der Waals surface area contributed by atoms with Crippen LogP contribution in [-0.2, 0) is 9.59 Å². The van der Waals surface area contributed by atoms with Crippen LogP contribution < -0.4 is 5.32 Å². The number of carboxylic acid groups (broad SMARTS) is 1. The van der Waals surface area contributed by atoms with Crippen LogP contribution in [0.5, 0.6) is 0 Å². The minimum Gasteiger partial charge on any atom is -0.481 e. The van der Waals surface area contributed by atoms with Gasteiger partial charge in [0.25, 0.3) is 0 Å². The number of rotatable bonds is 14. The third kappa shape index (κ3) is 16.8. The number of nitrogens with zero attached hydrogens (tertiary/aromatic N) is 1. The van der Waals surface area contributed by atoms with Gasteiger partial charge in [-0.2, -0.15) is 0 Å². The zero-order valence-electron chi connectivity index (χ0n) is 13.7. The summed E-state index contributed by atoms with van der Waals surface area (Å²) in [6.07, 6.45) is 9.11. The molecule has 0 aliphatic carbocycles. The Hall–Kier alpha value is -1.10. The average Bonchev–Trinajstić information content (AvgIpc) is 2.41. The number of aliphatic carboxylic acids is 1. The average molecular weight is 300 g/mol. The van der Waals surface area contributed by atoms with Crippen LogP contribution in [0.4, 0.5) is 0 Å². The predicted molar refractivity (Wildman–Crippen MR) is 85.4 cm³/mol. The maximum absolute atomic E-state index is 11.5. The van der Waals surface area contributed by atoms with Crippen molar-refractivity contribution in [1.82, 2.24) is 10.2 Å². The van der Waals surface area contributed by atoms with Crippen molar-refractivity contribution in [2.24, 2.45) is 0 Å². The highest BCUT2D eigenvalue weighted by atomic mass is 16.4. The fourth-order valence-corrected chi connectivity index (χ4v) is 2.16. The molecule has 0 unspecified atom stereocenters. The van der Waals surface area contributed by atoms with Gasteiger partial charge >= 0.3 is 5.97 Å². The number of nitrogens with one attached hydrogen (secondary N) is 1. The molecule has 5 nitrogen and oxygen atoms in total. The quantitative estimate of drug-likeness (QED) is 0.484. The first kappa shape index (κ1) is 19.9. The molecule has 0 atom stereocenters. The lowest BCUT2D eigenvalue weighted by molar-refractivity contribution is -0.137. The summed E-state index contributed by atoms with van der Waals surface area (Å²) in [6, 6.07) is 0. The molecule has 0 aromatic heterocycles. The number of hydrogen-bond donors (Lipinski definition) is 2. The van der Waals surface area contributed by atoms with Gasteiger partial charge in [-0.3, -0.25) is 9.59 Å². The summed E-state index contributed by atoms with van der Waals surface area (Å²) < 4.78 is 0. The van der Waals surface area contributed by atoms with Gasteiger partial charge in [-0.25, -0.2) is 0 Å². The second-order valence-electron chi connectivity index (χ2n) is 5.88. The van der Waals surface area contributed by atoms with E-state index in [0.29, 0.717) is 6.42 Å². The molecule has 124 valence electrons. The van der Waals surface area contributed by atoms with E-state index in [-0.39, 0.29) is 12.3 Å². The summed E-state index contributed by atoms with van der Waals surface area (Å²) in [6.45, 7) is 1.77. The van der Waals surface area contributed by atoms with Crippen LogP contribution in [0.15, 0.2) is 0 Å². The van der Waals surface area contributed by atoms with E-state index >= 15 is 0 Å². The first-order valence-corrected chi connectivity index (χ1v) is 8.15. The molecular formula is C16H32N2O3. The number of carbonyl (C=O) groups excluding carboxylic acids is 1. The molecule has 0 saturated carbocycles. The highest BCUT2D eigenvalue weighted by Crippen LogP contribution is 2.09. The van der Waals surface area contributed by atoms with E-state index in [9.17, 15) is 9.59 Å². The summed E-state index contributed by atoms with van der Waals surface area (Å²) in [5, 5.41) is 11.4. The van der Waals surface area contributed by atoms with Crippen LogP contribution in [0.2, 0.25) is 0 Å². The Balaban J connectivity index is 3.19. The Morgan fingerprint density at radius 1 is 0.857 bits per heavy atom. The monoisotopic (exact) mass is 300 g/mol. The van der Waals surface area contributed by atoms with Gasteiger partial charge in [-0.15, -0.1) is 0 Å². The molecule has 0 aliphatic heterocycles. The maximum Gasteiger partial charge on any atom is 0.303 e. The van der Waals surface area contributed by atoms with Gasteiger partial charge in [-0.05, 0) is 39.9 Å². The smallest absolute Gasteiger partial charge is 0.303 e. The van der Waals surface area contributed by atoms with Gasteiger partial charge in [-0.1, -0.05) is 32.1 Å². The lowest BCUT2D eigenvalue weighted by Gasteiger charge is -2.09. The van der Waals surface area contributed by atoms with E-state index in [1.165, 1.54) is 0 Å². The van der Waals surface area contributed by atoms with Gasteiger partial charge < -0.3 is 15.3 Å². The van der Waals surface area contributed by atoms with Crippen molar-refractivity contribution in [2.75, 3.05) is 27.2 Å². The highest BCUT2D eigenvalue weighted by Gasteiger charge is 2.01. The van der Waals surface area contributed by atoms with Crippen LogP contribution in [0.1, 0.15) is 64.2 Å². The van der Waals surface area contributed by atoms with E-state index in [0.717, 1.165) is 64.5 Å². The molecule has 0 aromatic carbocycles. The second kappa shape index (κ2) is 13.9. The Bertz CT molecular complexity index is 281. The summed E-state index contributed by atoms with van der Waals surface area (Å²) in [4.78, 5) is 24.0. The number of unbranched alkanes of at least 4 members (excludes halogenated alkanes) is 6. The molecule has 0 aliphatic rings. The highest BCUT2D eigenvalue weighted by molar-refractivity contribution is 5.75. The van der Waals surface area contributed by atoms with Crippen molar-refractivity contribution in [2.45, 2.75) is 64.2 Å². The summed E-state index contributed by atoms with van der Waals surface area (Å²) in [7, 11) is 4.06. The summed E-state index contributed by atoms with van der Waals surface area (Å²) in [5.74, 6) is -0.540. The summed E-state index contributed by atoms with van der Waals surface area (Å²) >= 11 is 0. The molecule has 0 aromatic rings. The zero-order chi connectivity index (χ0) is 15.9. The van der Waals surface area contributed by atoms with Gasteiger partial charge in [0.15, 0.2) is 0 Å². The van der Waals surface area contributed by atoms with Crippen molar-refractivity contribution >= 4 is 11.9 Å². The van der Waals surface area contributed by atoms with Crippen molar-refractivity contribution < 1.29 is 14.7 Å². The van der Waals surface area contributed by atoms with Crippen molar-refractivity contribution in [3.63, 3.8) is 0 Å². The Morgan fingerprint density at radius 2 is 1.38 bits per heavy atom. The van der Waals surface area contributed by atoms with Crippen LogP contribution in [0, 0.1) is 0 Å². The van der Waals surface area contributed by atoms with Crippen LogP contribution >= 0.6 is 0 Å². The standard InChI is InChI=1S/C16H32N2O3/c1-18(2)14-10-13-17-15(19)11-8-6-4-3-5-7-9-12-16(20)21/h3-14H2,1-2H3,(H,17,19)(H,20,21). The lowest BCUT2D eigenvalue weighted by atomic mass is 10.1.